The first-order chi connectivity index (χ1) is 11.9. The van der Waals surface area contributed by atoms with Crippen molar-refractivity contribution in [1.82, 2.24) is 9.97 Å². The highest BCUT2D eigenvalue weighted by atomic mass is 79.9. The third-order valence-electron chi connectivity index (χ3n) is 4.15. The van der Waals surface area contributed by atoms with Crippen LogP contribution in [0.1, 0.15) is 19.5 Å². The Morgan fingerprint density at radius 1 is 1.44 bits per heavy atom. The van der Waals surface area contributed by atoms with Crippen LogP contribution in [0.2, 0.25) is 0 Å². The number of hydrogen-bond donors (Lipinski definition) is 0. The molecule has 1 aliphatic rings. The lowest BCUT2D eigenvalue weighted by atomic mass is 9.69. The molecule has 2 rings (SSSR count). The van der Waals surface area contributed by atoms with E-state index in [0.717, 1.165) is 0 Å². The van der Waals surface area contributed by atoms with Gasteiger partial charge in [0, 0.05) is 24.7 Å². The summed E-state index contributed by atoms with van der Waals surface area (Å²) in [5, 5.41) is 11.6. The maximum absolute atomic E-state index is 12.7. The fraction of sp³-hybridized carbons (Fsp3) is 0.438. The highest BCUT2D eigenvalue weighted by Crippen LogP contribution is 2.45. The fourth-order valence-electron chi connectivity index (χ4n) is 2.90. The van der Waals surface area contributed by atoms with Crippen LogP contribution in [0.3, 0.4) is 0 Å². The average molecular weight is 412 g/mol. The molecule has 1 aromatic rings. The number of methoxy groups -OCH3 is 1. The lowest BCUT2D eigenvalue weighted by Gasteiger charge is -2.37. The highest BCUT2D eigenvalue weighted by Gasteiger charge is 2.55. The summed E-state index contributed by atoms with van der Waals surface area (Å²) >= 11 is 3.47. The number of hydrogen-bond acceptors (Lipinski definition) is 7. The van der Waals surface area contributed by atoms with E-state index in [1.54, 1.807) is 6.92 Å². The molecule has 0 spiro atoms. The molecule has 3 unspecified atom stereocenters. The predicted octanol–water partition coefficient (Wildman–Crippen LogP) is 2.38. The Morgan fingerprint density at radius 2 is 2.16 bits per heavy atom. The van der Waals surface area contributed by atoms with E-state index in [1.807, 2.05) is 6.92 Å². The minimum absolute atomic E-state index is 0.135. The Kier molecular flexibility index (Phi) is 5.89. The molecule has 0 saturated heterocycles. The van der Waals surface area contributed by atoms with E-state index in [2.05, 4.69) is 25.9 Å². The first-order valence-electron chi connectivity index (χ1n) is 7.55. The predicted molar refractivity (Wildman–Crippen MR) is 92.4 cm³/mol. The quantitative estimate of drug-likeness (QED) is 0.306. The Hall–Kier alpha value is -2.29. The summed E-state index contributed by atoms with van der Waals surface area (Å²) in [5.41, 5.74) is -1.29. The van der Waals surface area contributed by atoms with E-state index in [9.17, 15) is 14.9 Å². The van der Waals surface area contributed by atoms with Crippen LogP contribution in [0, 0.1) is 16.0 Å². The second-order valence-corrected chi connectivity index (χ2v) is 6.50. The molecule has 3 atom stereocenters. The summed E-state index contributed by atoms with van der Waals surface area (Å²) in [6.45, 7) is 3.76. The molecule has 9 heteroatoms. The number of nitro groups is 1. The maximum Gasteiger partial charge on any atom is 0.318 e. The monoisotopic (exact) mass is 411 g/mol. The molecule has 25 heavy (non-hydrogen) atoms. The van der Waals surface area contributed by atoms with Crippen molar-refractivity contribution in [2.45, 2.75) is 24.1 Å². The van der Waals surface area contributed by atoms with Crippen molar-refractivity contribution >= 4 is 21.9 Å². The zero-order valence-electron chi connectivity index (χ0n) is 14.0. The van der Waals surface area contributed by atoms with Gasteiger partial charge in [0.05, 0.1) is 35.1 Å². The van der Waals surface area contributed by atoms with Crippen LogP contribution < -0.4 is 0 Å². The molecular formula is C16H18BrN3O5. The van der Waals surface area contributed by atoms with E-state index in [0.29, 0.717) is 12.4 Å². The largest absolute Gasteiger partial charge is 0.497 e. The molecule has 1 aromatic heterocycles. The lowest BCUT2D eigenvalue weighted by Crippen LogP contribution is -2.49. The number of nitrogens with zero attached hydrogens (tertiary/aromatic N) is 3. The van der Waals surface area contributed by atoms with Crippen LogP contribution in [0.4, 0.5) is 0 Å². The smallest absolute Gasteiger partial charge is 0.318 e. The third-order valence-corrected chi connectivity index (χ3v) is 5.13. The second-order valence-electron chi connectivity index (χ2n) is 5.51. The average Bonchev–Trinajstić information content (AvgIpc) is 2.62. The van der Waals surface area contributed by atoms with Crippen molar-refractivity contribution in [2.75, 3.05) is 13.7 Å². The van der Waals surface area contributed by atoms with Gasteiger partial charge < -0.3 is 9.47 Å². The number of carbonyl (C=O) groups excluding carboxylic acids is 1. The molecule has 0 bridgehead atoms. The number of esters is 1. The SMILES string of the molecule is CCOC1=CC=C([N+](=O)[O-])C(C(C)(C(=O)OC)c2cnccn2)C1Br. The normalized spacial score (nSPS) is 22.2. The van der Waals surface area contributed by atoms with Gasteiger partial charge in [-0.25, -0.2) is 0 Å². The van der Waals surface area contributed by atoms with Crippen LogP contribution >= 0.6 is 15.9 Å². The Balaban J connectivity index is 2.66. The third kappa shape index (κ3) is 3.41. The van der Waals surface area contributed by atoms with E-state index < -0.39 is 27.1 Å². The molecule has 0 N–H and O–H groups in total. The molecule has 0 aliphatic heterocycles. The first-order valence-corrected chi connectivity index (χ1v) is 8.47. The maximum atomic E-state index is 12.7. The zero-order chi connectivity index (χ0) is 18.6. The second kappa shape index (κ2) is 7.73. The molecule has 134 valence electrons. The van der Waals surface area contributed by atoms with Gasteiger partial charge >= 0.3 is 5.97 Å². The Bertz CT molecular complexity index is 722. The van der Waals surface area contributed by atoms with Crippen LogP contribution in [0.25, 0.3) is 0 Å². The van der Waals surface area contributed by atoms with Gasteiger partial charge in [-0.2, -0.15) is 0 Å². The summed E-state index contributed by atoms with van der Waals surface area (Å²) in [7, 11) is 1.23. The first kappa shape index (κ1) is 19.0. The Labute approximate surface area is 153 Å². The van der Waals surface area contributed by atoms with Gasteiger partial charge in [0.25, 0.3) is 5.70 Å². The summed E-state index contributed by atoms with van der Waals surface area (Å²) in [4.78, 5) is 31.4. The van der Waals surface area contributed by atoms with E-state index in [4.69, 9.17) is 9.47 Å². The van der Waals surface area contributed by atoms with Crippen LogP contribution in [-0.4, -0.2) is 39.4 Å². The zero-order valence-corrected chi connectivity index (χ0v) is 15.6. The molecule has 1 heterocycles. The van der Waals surface area contributed by atoms with Gasteiger partial charge in [0.15, 0.2) is 0 Å². The number of halogens is 1. The van der Waals surface area contributed by atoms with Gasteiger partial charge in [-0.05, 0) is 19.9 Å². The topological polar surface area (TPSA) is 104 Å². The number of ether oxygens (including phenoxy) is 2. The number of aromatic nitrogens is 2. The summed E-state index contributed by atoms with van der Waals surface area (Å²) in [6.07, 6.45) is 7.19. The summed E-state index contributed by atoms with van der Waals surface area (Å²) < 4.78 is 10.5. The number of alkyl halides is 1. The molecule has 1 aliphatic carbocycles. The fourth-order valence-corrected chi connectivity index (χ4v) is 3.99. The van der Waals surface area contributed by atoms with Crippen molar-refractivity contribution in [2.24, 2.45) is 5.92 Å². The molecule has 0 saturated carbocycles. The summed E-state index contributed by atoms with van der Waals surface area (Å²) in [6, 6.07) is 0. The van der Waals surface area contributed by atoms with Gasteiger partial charge in [-0.3, -0.25) is 24.9 Å². The Morgan fingerprint density at radius 3 is 2.68 bits per heavy atom. The molecule has 0 radical (unpaired) electrons. The van der Waals surface area contributed by atoms with E-state index in [-0.39, 0.29) is 11.4 Å². The standard InChI is InChI=1S/C16H18BrN3O5/c1-4-25-11-6-5-10(20(22)23)13(14(11)17)16(2,15(21)24-3)12-9-18-7-8-19-12/h5-9,13-14H,4H2,1-3H3. The van der Waals surface area contributed by atoms with Gasteiger partial charge in [-0.1, -0.05) is 15.9 Å². The van der Waals surface area contributed by atoms with Crippen molar-refractivity contribution in [3.63, 3.8) is 0 Å². The van der Waals surface area contributed by atoms with E-state index >= 15 is 0 Å². The van der Waals surface area contributed by atoms with Crippen molar-refractivity contribution in [3.05, 3.63) is 58.0 Å². The van der Waals surface area contributed by atoms with Crippen molar-refractivity contribution < 1.29 is 19.2 Å². The number of carbonyl (C=O) groups is 1. The number of rotatable bonds is 6. The van der Waals surface area contributed by atoms with Crippen molar-refractivity contribution in [1.29, 1.82) is 0 Å². The minimum Gasteiger partial charge on any atom is -0.497 e. The highest BCUT2D eigenvalue weighted by molar-refractivity contribution is 9.09. The lowest BCUT2D eigenvalue weighted by molar-refractivity contribution is -0.435. The van der Waals surface area contributed by atoms with E-state index in [1.165, 1.54) is 37.9 Å². The molecule has 0 amide bonds. The van der Waals surface area contributed by atoms with Crippen LogP contribution in [0.5, 0.6) is 0 Å². The van der Waals surface area contributed by atoms with Gasteiger partial charge in [0.2, 0.25) is 0 Å². The van der Waals surface area contributed by atoms with Gasteiger partial charge in [-0.15, -0.1) is 0 Å². The molecule has 0 fully saturated rings. The van der Waals surface area contributed by atoms with Gasteiger partial charge in [0.1, 0.15) is 11.2 Å². The van der Waals surface area contributed by atoms with Crippen LogP contribution in [-0.2, 0) is 19.7 Å². The van der Waals surface area contributed by atoms with Crippen molar-refractivity contribution in [3.8, 4) is 0 Å². The minimum atomic E-state index is -1.44. The number of allylic oxidation sites excluding steroid dienone is 4. The molecule has 0 aromatic carbocycles. The molecule has 8 nitrogen and oxygen atoms in total. The van der Waals surface area contributed by atoms with Crippen LogP contribution in [0.15, 0.2) is 42.2 Å². The summed E-state index contributed by atoms with van der Waals surface area (Å²) in [5.74, 6) is -1.05. The molecular weight excluding hydrogens is 394 g/mol.